The van der Waals surface area contributed by atoms with Crippen molar-refractivity contribution in [1.82, 2.24) is 15.1 Å². The standard InChI is InChI=1S/C19H27ClN4O3/c1-12(2)9-24-18(20)15(14(5)23-24)7-8-17(26)27-10-16(25)22-19(6,11-21)13(3)4/h7-8,12-13H,9-10H2,1-6H3,(H,22,25)/b8-7+/t19-/m0/s1. The van der Waals surface area contributed by atoms with E-state index >= 15 is 0 Å². The van der Waals surface area contributed by atoms with Crippen LogP contribution in [0.25, 0.3) is 6.08 Å². The summed E-state index contributed by atoms with van der Waals surface area (Å²) in [5.74, 6) is -0.921. The van der Waals surface area contributed by atoms with E-state index in [-0.39, 0.29) is 5.92 Å². The molecule has 0 aliphatic heterocycles. The second-order valence-corrected chi connectivity index (χ2v) is 7.68. The molecule has 0 saturated carbocycles. The second-order valence-electron chi connectivity index (χ2n) is 7.32. The van der Waals surface area contributed by atoms with Crippen LogP contribution in [0.15, 0.2) is 6.08 Å². The van der Waals surface area contributed by atoms with E-state index in [1.807, 2.05) is 13.8 Å². The predicted molar refractivity (Wildman–Crippen MR) is 104 cm³/mol. The number of nitrogens with one attached hydrogen (secondary N) is 1. The fourth-order valence-electron chi connectivity index (χ4n) is 2.19. The molecule has 0 unspecified atom stereocenters. The zero-order valence-corrected chi connectivity index (χ0v) is 17.4. The number of aryl methyl sites for hydroxylation is 1. The lowest BCUT2D eigenvalue weighted by Gasteiger charge is -2.27. The molecule has 0 spiro atoms. The minimum Gasteiger partial charge on any atom is -0.452 e. The monoisotopic (exact) mass is 394 g/mol. The molecule has 1 aromatic rings. The minimum absolute atomic E-state index is 0.0884. The predicted octanol–water partition coefficient (Wildman–Crippen LogP) is 3.11. The van der Waals surface area contributed by atoms with E-state index in [0.29, 0.717) is 28.9 Å². The van der Waals surface area contributed by atoms with E-state index in [9.17, 15) is 14.9 Å². The van der Waals surface area contributed by atoms with Gasteiger partial charge < -0.3 is 10.1 Å². The lowest BCUT2D eigenvalue weighted by Crippen LogP contribution is -2.50. The molecule has 8 heteroatoms. The number of nitriles is 1. The number of amides is 1. The van der Waals surface area contributed by atoms with Crippen LogP contribution < -0.4 is 5.32 Å². The molecule has 0 bridgehead atoms. The smallest absolute Gasteiger partial charge is 0.331 e. The Bertz CT molecular complexity index is 762. The first-order chi connectivity index (χ1) is 12.5. The van der Waals surface area contributed by atoms with Gasteiger partial charge in [-0.1, -0.05) is 39.3 Å². The molecule has 0 radical (unpaired) electrons. The fourth-order valence-corrected chi connectivity index (χ4v) is 2.49. The van der Waals surface area contributed by atoms with Gasteiger partial charge in [0, 0.05) is 18.2 Å². The van der Waals surface area contributed by atoms with Gasteiger partial charge in [0.1, 0.15) is 10.7 Å². The van der Waals surface area contributed by atoms with Gasteiger partial charge in [-0.15, -0.1) is 0 Å². The maximum absolute atomic E-state index is 11.9. The summed E-state index contributed by atoms with van der Waals surface area (Å²) in [7, 11) is 0. The Balaban J connectivity index is 2.67. The molecule has 1 atom stereocenters. The molecule has 0 aliphatic carbocycles. The SMILES string of the molecule is Cc1nn(CC(C)C)c(Cl)c1/C=C/C(=O)OCC(=O)N[C@@](C)(C#N)C(C)C. The lowest BCUT2D eigenvalue weighted by atomic mass is 9.90. The molecule has 0 aliphatic rings. The Morgan fingerprint density at radius 2 is 2.04 bits per heavy atom. The minimum atomic E-state index is -1.02. The Labute approximate surface area is 165 Å². The van der Waals surface area contributed by atoms with Gasteiger partial charge in [-0.25, -0.2) is 4.79 Å². The van der Waals surface area contributed by atoms with Gasteiger partial charge in [0.15, 0.2) is 6.61 Å². The lowest BCUT2D eigenvalue weighted by molar-refractivity contribution is -0.144. The van der Waals surface area contributed by atoms with E-state index < -0.39 is 24.0 Å². The van der Waals surface area contributed by atoms with Crippen molar-refractivity contribution in [1.29, 1.82) is 5.26 Å². The van der Waals surface area contributed by atoms with Crippen LogP contribution in [-0.4, -0.2) is 33.8 Å². The number of carbonyl (C=O) groups excluding carboxylic acids is 2. The van der Waals surface area contributed by atoms with Crippen molar-refractivity contribution in [3.05, 3.63) is 22.5 Å². The highest BCUT2D eigenvalue weighted by Crippen LogP contribution is 2.22. The van der Waals surface area contributed by atoms with E-state index in [4.69, 9.17) is 16.3 Å². The van der Waals surface area contributed by atoms with Gasteiger partial charge in [0.05, 0.1) is 11.8 Å². The van der Waals surface area contributed by atoms with E-state index in [1.165, 1.54) is 12.2 Å². The summed E-state index contributed by atoms with van der Waals surface area (Å²) in [6.45, 7) is 11.4. The molecule has 1 aromatic heterocycles. The summed E-state index contributed by atoms with van der Waals surface area (Å²) in [6.07, 6.45) is 2.73. The Kier molecular flexibility index (Phi) is 8.04. The number of halogens is 1. The molecule has 1 amide bonds. The third-order valence-corrected chi connectivity index (χ3v) is 4.56. The highest BCUT2D eigenvalue weighted by Gasteiger charge is 2.30. The molecule has 0 fully saturated rings. The highest BCUT2D eigenvalue weighted by molar-refractivity contribution is 6.31. The average Bonchev–Trinajstić information content (AvgIpc) is 2.83. The van der Waals surface area contributed by atoms with Crippen LogP contribution in [-0.2, 0) is 20.9 Å². The number of rotatable bonds is 8. The summed E-state index contributed by atoms with van der Waals surface area (Å²) in [5.41, 5.74) is 0.314. The van der Waals surface area contributed by atoms with Gasteiger partial charge in [0.25, 0.3) is 5.91 Å². The van der Waals surface area contributed by atoms with Crippen molar-refractivity contribution >= 4 is 29.6 Å². The van der Waals surface area contributed by atoms with Gasteiger partial charge in [-0.2, -0.15) is 10.4 Å². The zero-order valence-electron chi connectivity index (χ0n) is 16.7. The molecule has 0 aromatic carbocycles. The molecular weight excluding hydrogens is 368 g/mol. The number of nitrogens with zero attached hydrogens (tertiary/aromatic N) is 3. The zero-order chi connectivity index (χ0) is 20.8. The number of esters is 1. The van der Waals surface area contributed by atoms with E-state index in [2.05, 4.69) is 30.3 Å². The summed E-state index contributed by atoms with van der Waals surface area (Å²) in [4.78, 5) is 23.8. The molecule has 1 N–H and O–H groups in total. The quantitative estimate of drug-likeness (QED) is 0.539. The third-order valence-electron chi connectivity index (χ3n) is 4.17. The van der Waals surface area contributed by atoms with Crippen molar-refractivity contribution in [2.45, 2.75) is 53.6 Å². The number of aromatic nitrogens is 2. The first kappa shape index (κ1) is 22.7. The van der Waals surface area contributed by atoms with Crippen LogP contribution in [0.5, 0.6) is 0 Å². The molecule has 148 valence electrons. The topological polar surface area (TPSA) is 97.0 Å². The first-order valence-corrected chi connectivity index (χ1v) is 9.18. The Hall–Kier alpha value is -2.33. The number of ether oxygens (including phenoxy) is 1. The molecule has 7 nitrogen and oxygen atoms in total. The van der Waals surface area contributed by atoms with Crippen LogP contribution >= 0.6 is 11.6 Å². The third kappa shape index (κ3) is 6.40. The van der Waals surface area contributed by atoms with Gasteiger partial charge in [-0.05, 0) is 31.8 Å². The van der Waals surface area contributed by atoms with Crippen molar-refractivity contribution in [2.24, 2.45) is 11.8 Å². The van der Waals surface area contributed by atoms with Crippen molar-refractivity contribution < 1.29 is 14.3 Å². The fraction of sp³-hybridized carbons (Fsp3) is 0.579. The van der Waals surface area contributed by atoms with Crippen LogP contribution in [0.1, 0.15) is 45.9 Å². The summed E-state index contributed by atoms with van der Waals surface area (Å²) in [5, 5.41) is 16.6. The van der Waals surface area contributed by atoms with Crippen molar-refractivity contribution in [2.75, 3.05) is 6.61 Å². The Morgan fingerprint density at radius 1 is 1.41 bits per heavy atom. The maximum Gasteiger partial charge on any atom is 0.331 e. The van der Waals surface area contributed by atoms with Crippen molar-refractivity contribution in [3.8, 4) is 6.07 Å². The maximum atomic E-state index is 11.9. The van der Waals surface area contributed by atoms with Crippen LogP contribution in [0, 0.1) is 30.1 Å². The van der Waals surface area contributed by atoms with E-state index in [0.717, 1.165) is 0 Å². The Morgan fingerprint density at radius 3 is 2.56 bits per heavy atom. The van der Waals surface area contributed by atoms with Crippen LogP contribution in [0.4, 0.5) is 0 Å². The molecular formula is C19H27ClN4O3. The van der Waals surface area contributed by atoms with Gasteiger partial charge in [-0.3, -0.25) is 9.48 Å². The molecule has 1 rings (SSSR count). The van der Waals surface area contributed by atoms with Gasteiger partial charge >= 0.3 is 5.97 Å². The summed E-state index contributed by atoms with van der Waals surface area (Å²) >= 11 is 6.31. The molecule has 1 heterocycles. The van der Waals surface area contributed by atoms with Gasteiger partial charge in [0.2, 0.25) is 0 Å². The van der Waals surface area contributed by atoms with Crippen LogP contribution in [0.3, 0.4) is 0 Å². The molecule has 27 heavy (non-hydrogen) atoms. The summed E-state index contributed by atoms with van der Waals surface area (Å²) in [6, 6.07) is 2.06. The number of hydrogen-bond acceptors (Lipinski definition) is 5. The summed E-state index contributed by atoms with van der Waals surface area (Å²) < 4.78 is 6.62. The van der Waals surface area contributed by atoms with Crippen LogP contribution in [0.2, 0.25) is 5.15 Å². The number of carbonyl (C=O) groups is 2. The highest BCUT2D eigenvalue weighted by atomic mass is 35.5. The molecule has 0 saturated heterocycles. The average molecular weight is 395 g/mol. The normalized spacial score (nSPS) is 13.6. The van der Waals surface area contributed by atoms with Crippen molar-refractivity contribution in [3.63, 3.8) is 0 Å². The first-order valence-electron chi connectivity index (χ1n) is 8.80. The largest absolute Gasteiger partial charge is 0.452 e. The number of hydrogen-bond donors (Lipinski definition) is 1. The second kappa shape index (κ2) is 9.56. The van der Waals surface area contributed by atoms with E-state index in [1.54, 1.807) is 18.5 Å².